The van der Waals surface area contributed by atoms with Crippen LogP contribution in [0.1, 0.15) is 44.4 Å². The smallest absolute Gasteiger partial charge is 0.249 e. The minimum atomic E-state index is -2.93. The van der Waals surface area contributed by atoms with Crippen molar-refractivity contribution >= 4 is 45.9 Å². The van der Waals surface area contributed by atoms with Gasteiger partial charge in [0.25, 0.3) is 0 Å². The van der Waals surface area contributed by atoms with Gasteiger partial charge in [-0.3, -0.25) is 9.69 Å². The number of alkyl halides is 3. The number of halogens is 3. The van der Waals surface area contributed by atoms with Crippen molar-refractivity contribution in [2.45, 2.75) is 58.7 Å². The van der Waals surface area contributed by atoms with Crippen molar-refractivity contribution in [1.82, 2.24) is 20.1 Å². The molecule has 47 heavy (non-hydrogen) atoms. The van der Waals surface area contributed by atoms with Crippen molar-refractivity contribution < 1.29 is 22.7 Å². The number of thiocarbonyl (C=S) groups is 1. The highest BCUT2D eigenvalue weighted by molar-refractivity contribution is 8.15. The van der Waals surface area contributed by atoms with Gasteiger partial charge in [0.1, 0.15) is 12.1 Å². The van der Waals surface area contributed by atoms with E-state index in [1.807, 2.05) is 37.3 Å². The average molecular weight is 681 g/mol. The Morgan fingerprint density at radius 3 is 2.40 bits per heavy atom. The molecule has 1 N–H and O–H groups in total. The van der Waals surface area contributed by atoms with Gasteiger partial charge in [0.05, 0.1) is 17.1 Å². The third kappa shape index (κ3) is 9.19. The maximum atomic E-state index is 14.0. The highest BCUT2D eigenvalue weighted by Crippen LogP contribution is 2.34. The summed E-state index contributed by atoms with van der Waals surface area (Å²) in [5, 5.41) is 8.26. The zero-order chi connectivity index (χ0) is 33.8. The number of benzene rings is 3. The topological polar surface area (TPSA) is 84.6 Å². The van der Waals surface area contributed by atoms with Gasteiger partial charge in [-0.15, -0.1) is 5.10 Å². The number of hydrogen-bond acceptors (Lipinski definition) is 6. The van der Waals surface area contributed by atoms with Crippen LogP contribution in [0.4, 0.5) is 18.9 Å². The maximum absolute atomic E-state index is 14.0. The number of aromatic nitrogens is 3. The number of nitrogens with zero attached hydrogens (tertiary/aromatic N) is 5. The molecular weight excluding hydrogens is 646 g/mol. The van der Waals surface area contributed by atoms with Gasteiger partial charge in [-0.2, -0.15) is 9.38 Å². The lowest BCUT2D eigenvalue weighted by Gasteiger charge is -2.22. The fraction of sp³-hybridized carbons (Fsp3) is 0.324. The monoisotopic (exact) mass is 680 g/mol. The van der Waals surface area contributed by atoms with E-state index in [1.54, 1.807) is 47.4 Å². The molecule has 0 unspecified atom stereocenters. The van der Waals surface area contributed by atoms with Crippen LogP contribution in [0.15, 0.2) is 78.0 Å². The van der Waals surface area contributed by atoms with Gasteiger partial charge in [0.15, 0.2) is 16.1 Å². The summed E-state index contributed by atoms with van der Waals surface area (Å²) in [7, 11) is 0. The van der Waals surface area contributed by atoms with Crippen LogP contribution < -0.4 is 15.0 Å². The zero-order valence-corrected chi connectivity index (χ0v) is 28.1. The lowest BCUT2D eigenvalue weighted by Crippen LogP contribution is -2.33. The number of anilines is 1. The lowest BCUT2D eigenvalue weighted by atomic mass is 10.0. The predicted octanol–water partition coefficient (Wildman–Crippen LogP) is 7.33. The second-order valence-electron chi connectivity index (χ2n) is 11.6. The number of hydrogen-bond donors (Lipinski definition) is 1. The number of aryl methyl sites for hydroxylation is 1. The number of aliphatic imine (C=N–C) groups is 1. The molecule has 0 spiro atoms. The third-order valence-corrected chi connectivity index (χ3v) is 8.28. The molecule has 2 heterocycles. The van der Waals surface area contributed by atoms with E-state index < -0.39 is 18.2 Å². The Morgan fingerprint density at radius 2 is 1.74 bits per heavy atom. The van der Waals surface area contributed by atoms with Crippen molar-refractivity contribution in [3.8, 4) is 22.8 Å². The molecule has 1 aromatic heterocycles. The number of carbonyl (C=O) groups is 1. The Bertz CT molecular complexity index is 1760. The van der Waals surface area contributed by atoms with Crippen LogP contribution in [0.3, 0.4) is 0 Å². The van der Waals surface area contributed by atoms with E-state index in [0.717, 1.165) is 29.3 Å². The maximum Gasteiger partial charge on any atom is 0.249 e. The Morgan fingerprint density at radius 1 is 1.04 bits per heavy atom. The van der Waals surface area contributed by atoms with E-state index in [9.17, 15) is 18.0 Å². The number of amidine groups is 1. The first kappa shape index (κ1) is 34.1. The molecule has 3 aromatic carbocycles. The summed E-state index contributed by atoms with van der Waals surface area (Å²) in [6.07, 6.45) is 2.48. The van der Waals surface area contributed by atoms with Gasteiger partial charge in [-0.25, -0.2) is 18.4 Å². The van der Waals surface area contributed by atoms with Crippen LogP contribution in [0.25, 0.3) is 17.1 Å². The second-order valence-corrected chi connectivity index (χ2v) is 13.0. The summed E-state index contributed by atoms with van der Waals surface area (Å²) in [4.78, 5) is 23.2. The van der Waals surface area contributed by atoms with E-state index in [4.69, 9.17) is 17.0 Å². The number of thioether (sulfide) groups is 1. The number of amides is 1. The van der Waals surface area contributed by atoms with E-state index in [2.05, 4.69) is 20.4 Å². The molecule has 5 rings (SSSR count). The van der Waals surface area contributed by atoms with Gasteiger partial charge >= 0.3 is 0 Å². The molecule has 0 bridgehead atoms. The summed E-state index contributed by atoms with van der Waals surface area (Å²) < 4.78 is 48.6. The van der Waals surface area contributed by atoms with Gasteiger partial charge in [0, 0.05) is 32.4 Å². The Labute approximate surface area is 281 Å². The first-order valence-corrected chi connectivity index (χ1v) is 16.5. The molecule has 1 amide bonds. The summed E-state index contributed by atoms with van der Waals surface area (Å²) in [6.45, 7) is 6.02. The quantitative estimate of drug-likeness (QED) is 0.166. The SMILES string of the molecule is CCc1ccc(CC(C)(F)F)c(N2C(=O)CS/C2=N\C(=S)NCCc2ccc(-c3ncn(-c4ccc(OC(C)(C)F)cc4)n3)cc2)c1. The molecule has 246 valence electrons. The molecule has 0 radical (unpaired) electrons. The first-order chi connectivity index (χ1) is 22.3. The van der Waals surface area contributed by atoms with E-state index in [-0.39, 0.29) is 16.8 Å². The third-order valence-electron chi connectivity index (χ3n) is 7.12. The van der Waals surface area contributed by atoms with Crippen molar-refractivity contribution in [3.05, 3.63) is 89.7 Å². The Balaban J connectivity index is 1.19. The highest BCUT2D eigenvalue weighted by Gasteiger charge is 2.33. The molecule has 1 fully saturated rings. The molecule has 4 aromatic rings. The summed E-state index contributed by atoms with van der Waals surface area (Å²) in [5.74, 6) is -3.80. The largest absolute Gasteiger partial charge is 0.459 e. The molecule has 1 saturated heterocycles. The predicted molar refractivity (Wildman–Crippen MR) is 184 cm³/mol. The van der Waals surface area contributed by atoms with Gasteiger partial charge in [-0.1, -0.05) is 55.1 Å². The summed E-state index contributed by atoms with van der Waals surface area (Å²) in [5.41, 5.74) is 4.39. The minimum absolute atomic E-state index is 0.152. The standard InChI is InChI=1S/C34H35F3N6O2S2/c1-5-22-6-11-25(19-34(4,36)37)28(18-22)43-29(44)20-47-32(43)40-31(46)38-17-16-23-7-9-24(10-8-23)30-39-21-42(41-30)26-12-14-27(15-13-26)45-33(2,3)35/h6-15,18,21H,5,16-17,19-20H2,1-4H3,(H,38,46)/b40-32-. The van der Waals surface area contributed by atoms with E-state index in [0.29, 0.717) is 47.4 Å². The number of carbonyl (C=O) groups excluding carboxylic acids is 1. The molecule has 1 aliphatic rings. The Kier molecular flexibility index (Phi) is 10.4. The molecule has 1 aliphatic heterocycles. The number of nitrogens with one attached hydrogen (secondary N) is 1. The van der Waals surface area contributed by atoms with Crippen LogP contribution in [-0.2, 0) is 24.1 Å². The van der Waals surface area contributed by atoms with Crippen molar-refractivity contribution in [2.75, 3.05) is 17.2 Å². The Hall–Kier alpha value is -4.23. The first-order valence-electron chi connectivity index (χ1n) is 15.1. The van der Waals surface area contributed by atoms with Crippen LogP contribution in [0.5, 0.6) is 5.75 Å². The summed E-state index contributed by atoms with van der Waals surface area (Å²) >= 11 is 6.69. The fourth-order valence-electron chi connectivity index (χ4n) is 4.93. The van der Waals surface area contributed by atoms with Crippen LogP contribution in [-0.4, -0.2) is 55.0 Å². The normalized spacial score (nSPS) is 14.6. The van der Waals surface area contributed by atoms with Crippen LogP contribution in [0.2, 0.25) is 0 Å². The van der Waals surface area contributed by atoms with Crippen molar-refractivity contribution in [3.63, 3.8) is 0 Å². The van der Waals surface area contributed by atoms with Crippen LogP contribution >= 0.6 is 24.0 Å². The number of rotatable bonds is 11. The minimum Gasteiger partial charge on any atom is -0.459 e. The lowest BCUT2D eigenvalue weighted by molar-refractivity contribution is -0.115. The average Bonchev–Trinajstić information content (AvgIpc) is 3.64. The van der Waals surface area contributed by atoms with Gasteiger partial charge in [-0.05, 0) is 79.0 Å². The molecule has 0 atom stereocenters. The highest BCUT2D eigenvalue weighted by atomic mass is 32.2. The zero-order valence-electron chi connectivity index (χ0n) is 26.5. The van der Waals surface area contributed by atoms with E-state index >= 15 is 0 Å². The fourth-order valence-corrected chi connectivity index (χ4v) is 6.04. The van der Waals surface area contributed by atoms with Crippen molar-refractivity contribution in [1.29, 1.82) is 0 Å². The molecular formula is C34H35F3N6O2S2. The van der Waals surface area contributed by atoms with Crippen LogP contribution in [0, 0.1) is 0 Å². The molecule has 13 heteroatoms. The number of ether oxygens (including phenoxy) is 1. The second kappa shape index (κ2) is 14.3. The van der Waals surface area contributed by atoms with E-state index in [1.165, 1.54) is 30.5 Å². The molecule has 0 saturated carbocycles. The van der Waals surface area contributed by atoms with Gasteiger partial charge in [0.2, 0.25) is 17.7 Å². The summed E-state index contributed by atoms with van der Waals surface area (Å²) in [6, 6.07) is 20.0. The van der Waals surface area contributed by atoms with Gasteiger partial charge < -0.3 is 10.1 Å². The molecule has 8 nitrogen and oxygen atoms in total. The van der Waals surface area contributed by atoms with Crippen molar-refractivity contribution in [2.24, 2.45) is 4.99 Å². The molecule has 0 aliphatic carbocycles.